The first kappa shape index (κ1) is 23.9. The molecule has 0 aliphatic carbocycles. The standard InChI is InChI=1S/C25H22BrN3O4/c26-22-10-5-4-9-21(22)25(32)33-20-14-12-18(13-15-20)17-28-29-23(30)11-6-16-27-24(31)19-7-2-1-3-8-19/h1-5,7-10,12-15,17H,6,11,16H2,(H,27,31)(H,29,30)/b28-17+. The number of esters is 1. The Bertz CT molecular complexity index is 1130. The minimum atomic E-state index is -0.462. The van der Waals surface area contributed by atoms with Gasteiger partial charge in [-0.3, -0.25) is 9.59 Å². The van der Waals surface area contributed by atoms with Crippen LogP contribution in [0.2, 0.25) is 0 Å². The van der Waals surface area contributed by atoms with Crippen molar-refractivity contribution in [3.05, 3.63) is 100 Å². The molecule has 0 bridgehead atoms. The van der Waals surface area contributed by atoms with Gasteiger partial charge in [0.2, 0.25) is 5.91 Å². The first-order valence-corrected chi connectivity index (χ1v) is 11.0. The molecule has 0 saturated heterocycles. The number of carbonyl (C=O) groups excluding carboxylic acids is 3. The van der Waals surface area contributed by atoms with Crippen LogP contribution in [-0.4, -0.2) is 30.5 Å². The number of nitrogens with zero attached hydrogens (tertiary/aromatic N) is 1. The summed E-state index contributed by atoms with van der Waals surface area (Å²) in [4.78, 5) is 36.0. The second-order valence-electron chi connectivity index (χ2n) is 6.96. The molecule has 0 radical (unpaired) electrons. The molecule has 0 aliphatic rings. The molecule has 8 heteroatoms. The van der Waals surface area contributed by atoms with Gasteiger partial charge in [-0.05, 0) is 76.4 Å². The largest absolute Gasteiger partial charge is 0.423 e. The molecule has 0 atom stereocenters. The highest BCUT2D eigenvalue weighted by atomic mass is 79.9. The zero-order valence-corrected chi connectivity index (χ0v) is 19.2. The molecule has 7 nitrogen and oxygen atoms in total. The minimum absolute atomic E-state index is 0.167. The summed E-state index contributed by atoms with van der Waals surface area (Å²) in [6, 6.07) is 22.7. The van der Waals surface area contributed by atoms with Gasteiger partial charge in [0.25, 0.3) is 5.91 Å². The lowest BCUT2D eigenvalue weighted by Gasteiger charge is -2.06. The highest BCUT2D eigenvalue weighted by Crippen LogP contribution is 2.19. The van der Waals surface area contributed by atoms with E-state index in [2.05, 4.69) is 31.8 Å². The van der Waals surface area contributed by atoms with Crippen molar-refractivity contribution in [2.24, 2.45) is 5.10 Å². The summed E-state index contributed by atoms with van der Waals surface area (Å²) in [5.74, 6) is -0.482. The Morgan fingerprint density at radius 1 is 0.909 bits per heavy atom. The van der Waals surface area contributed by atoms with Crippen LogP contribution in [0.5, 0.6) is 5.75 Å². The smallest absolute Gasteiger partial charge is 0.344 e. The van der Waals surface area contributed by atoms with Gasteiger partial charge in [0.05, 0.1) is 11.8 Å². The molecule has 0 heterocycles. The van der Waals surface area contributed by atoms with Crippen molar-refractivity contribution in [2.45, 2.75) is 12.8 Å². The molecule has 3 aromatic rings. The van der Waals surface area contributed by atoms with E-state index in [0.29, 0.717) is 34.3 Å². The molecule has 0 aliphatic heterocycles. The number of halogens is 1. The Balaban J connectivity index is 1.37. The summed E-state index contributed by atoms with van der Waals surface area (Å²) in [6.07, 6.45) is 2.22. The molecule has 0 aromatic heterocycles. The Kier molecular flexibility index (Phi) is 8.90. The van der Waals surface area contributed by atoms with Crippen molar-refractivity contribution < 1.29 is 19.1 Å². The van der Waals surface area contributed by atoms with Crippen LogP contribution < -0.4 is 15.5 Å². The fourth-order valence-electron chi connectivity index (χ4n) is 2.79. The van der Waals surface area contributed by atoms with Crippen LogP contribution in [0.15, 0.2) is 88.4 Å². The lowest BCUT2D eigenvalue weighted by atomic mass is 10.2. The lowest BCUT2D eigenvalue weighted by Crippen LogP contribution is -2.26. The van der Waals surface area contributed by atoms with Crippen LogP contribution in [0.3, 0.4) is 0 Å². The number of amides is 2. The molecule has 0 unspecified atom stereocenters. The third-order valence-electron chi connectivity index (χ3n) is 4.49. The molecular formula is C25H22BrN3O4. The van der Waals surface area contributed by atoms with E-state index in [1.165, 1.54) is 6.21 Å². The molecule has 33 heavy (non-hydrogen) atoms. The van der Waals surface area contributed by atoms with Crippen LogP contribution >= 0.6 is 15.9 Å². The molecule has 0 fully saturated rings. The van der Waals surface area contributed by atoms with E-state index >= 15 is 0 Å². The number of ether oxygens (including phenoxy) is 1. The quantitative estimate of drug-likeness (QED) is 0.148. The van der Waals surface area contributed by atoms with Crippen LogP contribution in [0, 0.1) is 0 Å². The van der Waals surface area contributed by atoms with Crippen LogP contribution in [0.4, 0.5) is 0 Å². The van der Waals surface area contributed by atoms with Gasteiger partial charge in [0.1, 0.15) is 5.75 Å². The van der Waals surface area contributed by atoms with Gasteiger partial charge in [-0.1, -0.05) is 30.3 Å². The summed E-state index contributed by atoms with van der Waals surface area (Å²) in [6.45, 7) is 0.393. The predicted molar refractivity (Wildman–Crippen MR) is 129 cm³/mol. The number of hydrogen-bond acceptors (Lipinski definition) is 5. The fraction of sp³-hybridized carbons (Fsp3) is 0.120. The van der Waals surface area contributed by atoms with Crippen LogP contribution in [0.25, 0.3) is 0 Å². The second-order valence-corrected chi connectivity index (χ2v) is 7.81. The monoisotopic (exact) mass is 507 g/mol. The molecular weight excluding hydrogens is 486 g/mol. The summed E-state index contributed by atoms with van der Waals surface area (Å²) in [5.41, 5.74) is 4.20. The maximum Gasteiger partial charge on any atom is 0.344 e. The van der Waals surface area contributed by atoms with Crippen molar-refractivity contribution in [1.29, 1.82) is 0 Å². The first-order valence-electron chi connectivity index (χ1n) is 10.2. The van der Waals surface area contributed by atoms with E-state index in [1.54, 1.807) is 66.7 Å². The highest BCUT2D eigenvalue weighted by Gasteiger charge is 2.11. The topological polar surface area (TPSA) is 96.9 Å². The van der Waals surface area contributed by atoms with Gasteiger partial charge in [-0.25, -0.2) is 10.2 Å². The van der Waals surface area contributed by atoms with Crippen molar-refractivity contribution in [1.82, 2.24) is 10.7 Å². The zero-order valence-electron chi connectivity index (χ0n) is 17.7. The van der Waals surface area contributed by atoms with Crippen LogP contribution in [-0.2, 0) is 4.79 Å². The third kappa shape index (κ3) is 7.69. The SMILES string of the molecule is O=C(CCCNC(=O)c1ccccc1)N/N=C/c1ccc(OC(=O)c2ccccc2Br)cc1. The Hall–Kier alpha value is -3.78. The van der Waals surface area contributed by atoms with Crippen LogP contribution in [0.1, 0.15) is 39.1 Å². The van der Waals surface area contributed by atoms with Crippen molar-refractivity contribution in [3.63, 3.8) is 0 Å². The van der Waals surface area contributed by atoms with E-state index in [1.807, 2.05) is 12.1 Å². The van der Waals surface area contributed by atoms with Crippen molar-refractivity contribution in [2.75, 3.05) is 6.54 Å². The first-order chi connectivity index (χ1) is 16.0. The van der Waals surface area contributed by atoms with Gasteiger partial charge in [-0.2, -0.15) is 5.10 Å². The summed E-state index contributed by atoms with van der Waals surface area (Å²) < 4.78 is 6.03. The molecule has 0 spiro atoms. The number of rotatable bonds is 9. The molecule has 2 N–H and O–H groups in total. The Morgan fingerprint density at radius 3 is 2.33 bits per heavy atom. The maximum atomic E-state index is 12.2. The zero-order chi connectivity index (χ0) is 23.5. The van der Waals surface area contributed by atoms with Gasteiger partial charge in [-0.15, -0.1) is 0 Å². The number of benzene rings is 3. The third-order valence-corrected chi connectivity index (χ3v) is 5.18. The highest BCUT2D eigenvalue weighted by molar-refractivity contribution is 9.10. The normalized spacial score (nSPS) is 10.6. The fourth-order valence-corrected chi connectivity index (χ4v) is 3.23. The Labute approximate surface area is 200 Å². The maximum absolute atomic E-state index is 12.2. The van der Waals surface area contributed by atoms with E-state index < -0.39 is 5.97 Å². The summed E-state index contributed by atoms with van der Waals surface area (Å²) in [5, 5.41) is 6.70. The van der Waals surface area contributed by atoms with Gasteiger partial charge < -0.3 is 10.1 Å². The number of hydrazone groups is 1. The predicted octanol–water partition coefficient (Wildman–Crippen LogP) is 4.33. The average Bonchev–Trinajstić information content (AvgIpc) is 2.83. The number of hydrogen-bond donors (Lipinski definition) is 2. The van der Waals surface area contributed by atoms with Crippen molar-refractivity contribution in [3.8, 4) is 5.75 Å². The Morgan fingerprint density at radius 2 is 1.61 bits per heavy atom. The van der Waals surface area contributed by atoms with Gasteiger partial charge in [0, 0.05) is 23.0 Å². The number of nitrogens with one attached hydrogen (secondary N) is 2. The van der Waals surface area contributed by atoms with Gasteiger partial charge in [0.15, 0.2) is 0 Å². The lowest BCUT2D eigenvalue weighted by molar-refractivity contribution is -0.121. The van der Waals surface area contributed by atoms with E-state index in [4.69, 9.17) is 4.74 Å². The molecule has 0 saturated carbocycles. The second kappa shape index (κ2) is 12.3. The molecule has 3 rings (SSSR count). The van der Waals surface area contributed by atoms with E-state index in [9.17, 15) is 14.4 Å². The molecule has 168 valence electrons. The summed E-state index contributed by atoms with van der Waals surface area (Å²) in [7, 11) is 0. The van der Waals surface area contributed by atoms with Crippen molar-refractivity contribution >= 4 is 39.9 Å². The van der Waals surface area contributed by atoms with E-state index in [-0.39, 0.29) is 18.2 Å². The number of carbonyl (C=O) groups is 3. The summed E-state index contributed by atoms with van der Waals surface area (Å²) >= 11 is 3.33. The molecule has 3 aromatic carbocycles. The minimum Gasteiger partial charge on any atom is -0.423 e. The van der Waals surface area contributed by atoms with Gasteiger partial charge >= 0.3 is 5.97 Å². The average molecular weight is 508 g/mol. The van der Waals surface area contributed by atoms with E-state index in [0.717, 1.165) is 5.56 Å². The molecule has 2 amide bonds.